The first kappa shape index (κ1) is 27.6. The Morgan fingerprint density at radius 3 is 2.84 bits per heavy atom. The van der Waals surface area contributed by atoms with Crippen LogP contribution in [0.3, 0.4) is 0 Å². The number of pyridine rings is 1. The summed E-state index contributed by atoms with van der Waals surface area (Å²) in [5.41, 5.74) is 4.45. The molecule has 37 heavy (non-hydrogen) atoms. The van der Waals surface area contributed by atoms with Gasteiger partial charge in [0.25, 0.3) is 0 Å². The van der Waals surface area contributed by atoms with E-state index in [-0.39, 0.29) is 46.7 Å². The molecular formula is C26H33AlFN7OS. The van der Waals surface area contributed by atoms with E-state index < -0.39 is 0 Å². The summed E-state index contributed by atoms with van der Waals surface area (Å²) < 4.78 is 17.2. The first-order valence-corrected chi connectivity index (χ1v) is 14.4. The molecule has 1 aliphatic carbocycles. The molecule has 0 unspecified atom stereocenters. The van der Waals surface area contributed by atoms with Crippen LogP contribution in [0.25, 0.3) is 0 Å². The van der Waals surface area contributed by atoms with Gasteiger partial charge in [0.2, 0.25) is 5.95 Å². The van der Waals surface area contributed by atoms with Crippen molar-refractivity contribution in [3.8, 4) is 0 Å². The zero-order valence-electron chi connectivity index (χ0n) is 21.5. The Morgan fingerprint density at radius 1 is 1.24 bits per heavy atom. The first-order chi connectivity index (χ1) is 17.4. The third-order valence-electron chi connectivity index (χ3n) is 7.36. The van der Waals surface area contributed by atoms with Crippen LogP contribution in [0.2, 0.25) is 5.79 Å². The maximum absolute atomic E-state index is 13.9. The van der Waals surface area contributed by atoms with E-state index in [9.17, 15) is 9.18 Å². The van der Waals surface area contributed by atoms with Gasteiger partial charge < -0.3 is 18.8 Å². The molecule has 2 aromatic rings. The average molecular weight is 538 g/mol. The zero-order valence-corrected chi connectivity index (χ0v) is 23.6. The maximum Gasteiger partial charge on any atom is -0.813 e. The minimum absolute atomic E-state index is 0. The van der Waals surface area contributed by atoms with Gasteiger partial charge in [-0.05, 0) is 31.4 Å². The van der Waals surface area contributed by atoms with Gasteiger partial charge in [-0.25, -0.2) is 14.4 Å². The SMILES string of the molecule is [CH3][Al+][NH]c1cc(C(=O)N2CC[C@@H](N3Cc4cnc(NC5=CC(F)=C(C)CC5)nc4C3)C[C@H]2C)ccn1.[SH-]. The summed E-state index contributed by atoms with van der Waals surface area (Å²) in [6.07, 6.45) is 8.46. The molecule has 0 saturated carbocycles. The summed E-state index contributed by atoms with van der Waals surface area (Å²) in [4.78, 5) is 31.2. The second-order valence-electron chi connectivity index (χ2n) is 9.88. The topological polar surface area (TPSA) is 86.3 Å². The van der Waals surface area contributed by atoms with Crippen molar-refractivity contribution in [1.82, 2.24) is 24.8 Å². The van der Waals surface area contributed by atoms with Gasteiger partial charge in [-0.1, -0.05) is 0 Å². The van der Waals surface area contributed by atoms with E-state index in [0.29, 0.717) is 24.0 Å². The quantitative estimate of drug-likeness (QED) is 0.325. The number of piperidine rings is 1. The summed E-state index contributed by atoms with van der Waals surface area (Å²) >= 11 is 0.0739. The molecule has 2 N–H and O–H groups in total. The molecule has 11 heteroatoms. The summed E-state index contributed by atoms with van der Waals surface area (Å²) in [5, 5.41) is 3.20. The predicted molar refractivity (Wildman–Crippen MR) is 148 cm³/mol. The summed E-state index contributed by atoms with van der Waals surface area (Å²) in [5.74, 6) is 3.29. The van der Waals surface area contributed by atoms with Gasteiger partial charge in [0.05, 0.1) is 0 Å². The van der Waals surface area contributed by atoms with E-state index in [1.165, 1.54) is 0 Å². The number of nitrogens with zero attached hydrogens (tertiary/aromatic N) is 5. The van der Waals surface area contributed by atoms with Crippen molar-refractivity contribution in [1.29, 1.82) is 0 Å². The number of allylic oxidation sites excluding steroid dienone is 4. The van der Waals surface area contributed by atoms with Gasteiger partial charge in [-0.3, -0.25) is 0 Å². The van der Waals surface area contributed by atoms with Crippen molar-refractivity contribution in [3.05, 3.63) is 64.5 Å². The van der Waals surface area contributed by atoms with Gasteiger partial charge in [-0.15, -0.1) is 0 Å². The number of thiol groups is 1. The second-order valence-corrected chi connectivity index (χ2v) is 10.7. The molecule has 194 valence electrons. The zero-order chi connectivity index (χ0) is 25.2. The minimum atomic E-state index is -0.168. The Bertz CT molecular complexity index is 1220. The van der Waals surface area contributed by atoms with Gasteiger partial charge in [0.15, 0.2) is 0 Å². The normalized spacial score (nSPS) is 21.5. The number of rotatable bonds is 6. The fraction of sp³-hybridized carbons (Fsp3) is 0.462. The second kappa shape index (κ2) is 11.9. The van der Waals surface area contributed by atoms with Gasteiger partial charge in [0.1, 0.15) is 5.83 Å². The van der Waals surface area contributed by atoms with Gasteiger partial charge in [0, 0.05) is 11.9 Å². The number of carbonyl (C=O) groups excluding carboxylic acids is 1. The standard InChI is InChI=1S/C25H29FN7O.CH3.Al.H2S/c1-15-3-4-19(11-21(15)26)30-25-29-12-18-13-32(14-22(18)31-25)20-6-8-33(16(2)9-20)24(34)17-5-7-28-23(27)10-17;;;/h5,7,10-12,16,20H,3-4,6,8-9,13-14H2,1-2H3,(H2-,27,28,29,30,31);1H3;;1H2/q-1;;+2;/p-1/t16-,20-;;;/m1.../s1. The van der Waals surface area contributed by atoms with Crippen LogP contribution in [0.5, 0.6) is 0 Å². The Balaban J connectivity index is 0.00000320. The number of anilines is 2. The van der Waals surface area contributed by atoms with Crippen molar-refractivity contribution in [2.24, 2.45) is 0 Å². The van der Waals surface area contributed by atoms with Crippen LogP contribution in [0.4, 0.5) is 16.2 Å². The molecule has 0 spiro atoms. The number of amides is 1. The molecule has 0 bridgehead atoms. The number of carbonyl (C=O) groups is 1. The average Bonchev–Trinajstić information content (AvgIpc) is 3.30. The largest absolute Gasteiger partial charge is 0.813 e. The van der Waals surface area contributed by atoms with E-state index in [1.54, 1.807) is 18.3 Å². The Hall–Kier alpha value is -2.45. The number of fused-ring (bicyclic) bond motifs is 1. The molecule has 1 amide bonds. The first-order valence-electron chi connectivity index (χ1n) is 12.6. The smallest absolute Gasteiger partial charge is 0.813 e. The Labute approximate surface area is 231 Å². The number of halogens is 1. The molecular weight excluding hydrogens is 504 g/mol. The molecule has 4 heterocycles. The van der Waals surface area contributed by atoms with E-state index in [0.717, 1.165) is 67.2 Å². The fourth-order valence-electron chi connectivity index (χ4n) is 5.27. The van der Waals surface area contributed by atoms with Crippen molar-refractivity contribution >= 4 is 46.6 Å². The van der Waals surface area contributed by atoms with E-state index in [2.05, 4.69) is 37.2 Å². The molecule has 2 aromatic heterocycles. The molecule has 0 aromatic carbocycles. The Morgan fingerprint density at radius 2 is 2.08 bits per heavy atom. The summed E-state index contributed by atoms with van der Waals surface area (Å²) in [6.45, 7) is 6.28. The van der Waals surface area contributed by atoms with Crippen LogP contribution in [0.1, 0.15) is 61.1 Å². The van der Waals surface area contributed by atoms with E-state index >= 15 is 0 Å². The van der Waals surface area contributed by atoms with Crippen LogP contribution in [-0.4, -0.2) is 64.7 Å². The third kappa shape index (κ3) is 6.17. The third-order valence-corrected chi connectivity index (χ3v) is 7.94. The predicted octanol–water partition coefficient (Wildman–Crippen LogP) is 4.02. The fourth-order valence-corrected chi connectivity index (χ4v) is 5.72. The van der Waals surface area contributed by atoms with Crippen LogP contribution in [0, 0.1) is 0 Å². The van der Waals surface area contributed by atoms with Gasteiger partial charge >= 0.3 is 143 Å². The molecule has 3 aliphatic rings. The van der Waals surface area contributed by atoms with Crippen molar-refractivity contribution in [2.45, 2.75) is 70.5 Å². The van der Waals surface area contributed by atoms with Crippen LogP contribution in [0.15, 0.2) is 47.7 Å². The van der Waals surface area contributed by atoms with Crippen molar-refractivity contribution < 1.29 is 9.18 Å². The summed E-state index contributed by atoms with van der Waals surface area (Å²) in [7, 11) is 0. The van der Waals surface area contributed by atoms with Crippen LogP contribution in [-0.2, 0) is 26.6 Å². The molecule has 8 nitrogen and oxygen atoms in total. The van der Waals surface area contributed by atoms with Crippen LogP contribution >= 0.6 is 0 Å². The monoisotopic (exact) mass is 537 g/mol. The van der Waals surface area contributed by atoms with Crippen LogP contribution < -0.4 is 9.62 Å². The maximum atomic E-state index is 13.9. The number of hydrogen-bond donors (Lipinski definition) is 2. The molecule has 2 aliphatic heterocycles. The molecule has 1 saturated heterocycles. The number of hydrogen-bond acceptors (Lipinski definition) is 8. The van der Waals surface area contributed by atoms with Gasteiger partial charge in [-0.2, -0.15) is 0 Å². The molecule has 1 fully saturated rings. The Kier molecular flexibility index (Phi) is 8.91. The van der Waals surface area contributed by atoms with E-state index in [4.69, 9.17) is 4.98 Å². The van der Waals surface area contributed by atoms with E-state index in [1.807, 2.05) is 24.1 Å². The summed E-state index contributed by atoms with van der Waals surface area (Å²) in [6, 6.07) is 4.19. The van der Waals surface area contributed by atoms with Crippen molar-refractivity contribution in [3.63, 3.8) is 0 Å². The molecule has 0 radical (unpaired) electrons. The molecule has 5 rings (SSSR count). The number of aromatic nitrogens is 3. The number of nitrogens with one attached hydrogen (secondary N) is 2. The minimum Gasteiger partial charge on any atom is -0.813 e. The number of likely N-dealkylation sites (tertiary alicyclic amines) is 1. The molecule has 2 atom stereocenters. The van der Waals surface area contributed by atoms with Crippen molar-refractivity contribution in [2.75, 3.05) is 16.2 Å².